The molecular weight excluding hydrogens is 310 g/mol. The number of sulfone groups is 1. The SMILES string of the molecule is CCC1(C)CCN(C(=NC)NCCS(=O)(=O)c2ccccc2)C1. The van der Waals surface area contributed by atoms with Gasteiger partial charge >= 0.3 is 0 Å². The summed E-state index contributed by atoms with van der Waals surface area (Å²) in [6.07, 6.45) is 2.29. The molecule has 0 radical (unpaired) electrons. The maximum atomic E-state index is 12.3. The van der Waals surface area contributed by atoms with Crippen molar-refractivity contribution < 1.29 is 8.42 Å². The second-order valence-corrected chi connectivity index (χ2v) is 8.55. The fourth-order valence-corrected chi connectivity index (χ4v) is 4.05. The van der Waals surface area contributed by atoms with E-state index in [-0.39, 0.29) is 5.75 Å². The highest BCUT2D eigenvalue weighted by molar-refractivity contribution is 7.91. The minimum Gasteiger partial charge on any atom is -0.355 e. The van der Waals surface area contributed by atoms with Gasteiger partial charge in [-0.3, -0.25) is 4.99 Å². The highest BCUT2D eigenvalue weighted by Gasteiger charge is 2.33. The van der Waals surface area contributed by atoms with E-state index in [0.29, 0.717) is 16.9 Å². The molecule has 0 aromatic heterocycles. The molecule has 0 spiro atoms. The molecule has 23 heavy (non-hydrogen) atoms. The van der Waals surface area contributed by atoms with E-state index in [9.17, 15) is 8.42 Å². The molecule has 6 heteroatoms. The molecule has 0 bridgehead atoms. The van der Waals surface area contributed by atoms with Crippen LogP contribution < -0.4 is 5.32 Å². The summed E-state index contributed by atoms with van der Waals surface area (Å²) >= 11 is 0. The van der Waals surface area contributed by atoms with Crippen LogP contribution in [0.1, 0.15) is 26.7 Å². The van der Waals surface area contributed by atoms with E-state index in [1.807, 2.05) is 6.07 Å². The molecule has 2 rings (SSSR count). The summed E-state index contributed by atoms with van der Waals surface area (Å²) < 4.78 is 24.6. The van der Waals surface area contributed by atoms with Crippen molar-refractivity contribution in [2.75, 3.05) is 32.4 Å². The van der Waals surface area contributed by atoms with Crippen molar-refractivity contribution >= 4 is 15.8 Å². The van der Waals surface area contributed by atoms with E-state index in [2.05, 4.69) is 29.1 Å². The van der Waals surface area contributed by atoms with Crippen LogP contribution in [-0.2, 0) is 9.84 Å². The number of benzene rings is 1. The second kappa shape index (κ2) is 7.34. The monoisotopic (exact) mass is 337 g/mol. The maximum Gasteiger partial charge on any atom is 0.193 e. The van der Waals surface area contributed by atoms with Gasteiger partial charge in [-0.1, -0.05) is 32.0 Å². The Kier molecular flexibility index (Phi) is 5.68. The third-order valence-corrected chi connectivity index (χ3v) is 6.41. The van der Waals surface area contributed by atoms with Crippen molar-refractivity contribution in [2.24, 2.45) is 10.4 Å². The van der Waals surface area contributed by atoms with Gasteiger partial charge in [0.15, 0.2) is 15.8 Å². The molecular formula is C17H27N3O2S. The van der Waals surface area contributed by atoms with Gasteiger partial charge in [-0.2, -0.15) is 0 Å². The zero-order valence-electron chi connectivity index (χ0n) is 14.2. The Labute approximate surface area is 139 Å². The zero-order valence-corrected chi connectivity index (χ0v) is 15.1. The smallest absolute Gasteiger partial charge is 0.193 e. The molecule has 0 aliphatic carbocycles. The van der Waals surface area contributed by atoms with Gasteiger partial charge in [0.05, 0.1) is 10.6 Å². The fourth-order valence-electron chi connectivity index (χ4n) is 2.87. The van der Waals surface area contributed by atoms with Gasteiger partial charge in [0.1, 0.15) is 0 Å². The van der Waals surface area contributed by atoms with Crippen LogP contribution in [0.4, 0.5) is 0 Å². The van der Waals surface area contributed by atoms with Gasteiger partial charge in [-0.25, -0.2) is 8.42 Å². The van der Waals surface area contributed by atoms with Crippen LogP contribution in [0.25, 0.3) is 0 Å². The first-order chi connectivity index (χ1) is 10.9. The van der Waals surface area contributed by atoms with Gasteiger partial charge in [-0.15, -0.1) is 0 Å². The van der Waals surface area contributed by atoms with Crippen molar-refractivity contribution in [2.45, 2.75) is 31.6 Å². The van der Waals surface area contributed by atoms with E-state index in [4.69, 9.17) is 0 Å². The molecule has 5 nitrogen and oxygen atoms in total. The molecule has 128 valence electrons. The lowest BCUT2D eigenvalue weighted by Gasteiger charge is -2.25. The number of nitrogens with one attached hydrogen (secondary N) is 1. The average Bonchev–Trinajstić information content (AvgIpc) is 2.95. The molecule has 0 saturated carbocycles. The lowest BCUT2D eigenvalue weighted by molar-refractivity contribution is 0.322. The Balaban J connectivity index is 1.90. The van der Waals surface area contributed by atoms with Crippen LogP contribution in [0.2, 0.25) is 0 Å². The number of rotatable bonds is 5. The number of likely N-dealkylation sites (tertiary alicyclic amines) is 1. The van der Waals surface area contributed by atoms with E-state index in [0.717, 1.165) is 31.9 Å². The third-order valence-electron chi connectivity index (χ3n) is 4.68. The highest BCUT2D eigenvalue weighted by Crippen LogP contribution is 2.32. The normalized spacial score (nSPS) is 22.4. The first kappa shape index (κ1) is 17.8. The minimum atomic E-state index is -3.25. The largest absolute Gasteiger partial charge is 0.355 e. The molecule has 1 unspecified atom stereocenters. The van der Waals surface area contributed by atoms with E-state index < -0.39 is 9.84 Å². The molecule has 1 saturated heterocycles. The van der Waals surface area contributed by atoms with Gasteiger partial charge in [-0.05, 0) is 30.4 Å². The predicted molar refractivity (Wildman–Crippen MR) is 94.4 cm³/mol. The molecule has 1 aromatic carbocycles. The summed E-state index contributed by atoms with van der Waals surface area (Å²) in [6, 6.07) is 8.58. The predicted octanol–water partition coefficient (Wildman–Crippen LogP) is 2.16. The first-order valence-corrected chi connectivity index (χ1v) is 9.79. The fraction of sp³-hybridized carbons (Fsp3) is 0.588. The van der Waals surface area contributed by atoms with Crippen LogP contribution in [0.3, 0.4) is 0 Å². The van der Waals surface area contributed by atoms with E-state index in [1.165, 1.54) is 0 Å². The summed E-state index contributed by atoms with van der Waals surface area (Å²) in [6.45, 7) is 6.81. The maximum absolute atomic E-state index is 12.3. The molecule has 1 heterocycles. The van der Waals surface area contributed by atoms with Crippen molar-refractivity contribution in [1.82, 2.24) is 10.2 Å². The van der Waals surface area contributed by atoms with Crippen LogP contribution in [0.15, 0.2) is 40.2 Å². The number of hydrogen-bond acceptors (Lipinski definition) is 3. The van der Waals surface area contributed by atoms with Crippen molar-refractivity contribution in [3.05, 3.63) is 30.3 Å². The summed E-state index contributed by atoms with van der Waals surface area (Å²) in [5, 5.41) is 3.20. The molecule has 0 amide bonds. The Morgan fingerprint density at radius 3 is 2.61 bits per heavy atom. The second-order valence-electron chi connectivity index (χ2n) is 6.44. The quantitative estimate of drug-likeness (QED) is 0.661. The number of guanidine groups is 1. The van der Waals surface area contributed by atoms with Gasteiger partial charge in [0.25, 0.3) is 0 Å². The van der Waals surface area contributed by atoms with Crippen LogP contribution >= 0.6 is 0 Å². The number of aliphatic imine (C=N–C) groups is 1. The summed E-state index contributed by atoms with van der Waals surface area (Å²) in [5.74, 6) is 0.861. The molecule has 1 atom stereocenters. The highest BCUT2D eigenvalue weighted by atomic mass is 32.2. The molecule has 1 aliphatic rings. The summed E-state index contributed by atoms with van der Waals surface area (Å²) in [5.41, 5.74) is 0.327. The average molecular weight is 337 g/mol. The Morgan fingerprint density at radius 1 is 1.35 bits per heavy atom. The topological polar surface area (TPSA) is 61.8 Å². The lowest BCUT2D eigenvalue weighted by Crippen LogP contribution is -2.42. The molecule has 1 aliphatic heterocycles. The van der Waals surface area contributed by atoms with Crippen LogP contribution in [-0.4, -0.2) is 51.7 Å². The van der Waals surface area contributed by atoms with Crippen molar-refractivity contribution in [1.29, 1.82) is 0 Å². The number of hydrogen-bond donors (Lipinski definition) is 1. The van der Waals surface area contributed by atoms with Crippen LogP contribution in [0, 0.1) is 5.41 Å². The van der Waals surface area contributed by atoms with E-state index >= 15 is 0 Å². The van der Waals surface area contributed by atoms with Crippen LogP contribution in [0.5, 0.6) is 0 Å². The van der Waals surface area contributed by atoms with Gasteiger partial charge < -0.3 is 10.2 Å². The third kappa shape index (κ3) is 4.47. The molecule has 1 N–H and O–H groups in total. The lowest BCUT2D eigenvalue weighted by atomic mass is 9.87. The Hall–Kier alpha value is -1.56. The summed E-state index contributed by atoms with van der Waals surface area (Å²) in [7, 11) is -1.51. The minimum absolute atomic E-state index is 0.0644. The molecule has 1 fully saturated rings. The standard InChI is InChI=1S/C17H27N3O2S/c1-4-17(2)10-12-20(14-17)16(18-3)19-11-13-23(21,22)15-8-6-5-7-9-15/h5-9H,4,10-14H2,1-3H3,(H,18,19). The summed E-state index contributed by atoms with van der Waals surface area (Å²) in [4.78, 5) is 6.89. The van der Waals surface area contributed by atoms with E-state index in [1.54, 1.807) is 31.3 Å². The first-order valence-electron chi connectivity index (χ1n) is 8.14. The molecule has 1 aromatic rings. The number of nitrogens with zero attached hydrogens (tertiary/aromatic N) is 2. The van der Waals surface area contributed by atoms with Gasteiger partial charge in [0, 0.05) is 26.7 Å². The Bertz CT molecular complexity index is 643. The van der Waals surface area contributed by atoms with Crippen molar-refractivity contribution in [3.8, 4) is 0 Å². The van der Waals surface area contributed by atoms with Crippen molar-refractivity contribution in [3.63, 3.8) is 0 Å². The Morgan fingerprint density at radius 2 is 2.04 bits per heavy atom. The zero-order chi connectivity index (χ0) is 16.9. The van der Waals surface area contributed by atoms with Gasteiger partial charge in [0.2, 0.25) is 0 Å².